The van der Waals surface area contributed by atoms with E-state index >= 15 is 0 Å². The molecule has 0 aliphatic carbocycles. The van der Waals surface area contributed by atoms with Gasteiger partial charge in [0.05, 0.1) is 11.8 Å². The van der Waals surface area contributed by atoms with Gasteiger partial charge in [0.2, 0.25) is 15.9 Å². The van der Waals surface area contributed by atoms with Gasteiger partial charge in [0.1, 0.15) is 0 Å². The molecule has 106 valence electrons. The van der Waals surface area contributed by atoms with Crippen LogP contribution in [0.25, 0.3) is 0 Å². The largest absolute Gasteiger partial charge is 0.481 e. The van der Waals surface area contributed by atoms with Crippen LogP contribution in [0.5, 0.6) is 0 Å². The van der Waals surface area contributed by atoms with Gasteiger partial charge in [-0.2, -0.15) is 0 Å². The van der Waals surface area contributed by atoms with E-state index in [0.29, 0.717) is 0 Å². The highest BCUT2D eigenvalue weighted by Gasteiger charge is 2.17. The van der Waals surface area contributed by atoms with Crippen LogP contribution in [0.3, 0.4) is 0 Å². The topological polar surface area (TPSA) is 130 Å². The molecule has 0 radical (unpaired) electrons. The molecule has 0 rings (SSSR count). The molecular weight excluding hydrogens is 262 g/mol. The Balaban J connectivity index is 4.01. The zero-order valence-electron chi connectivity index (χ0n) is 10.4. The fourth-order valence-electron chi connectivity index (χ4n) is 1.03. The second-order valence-corrected chi connectivity index (χ2v) is 6.23. The maximum Gasteiger partial charge on any atom is 0.303 e. The number of nitrogens with two attached hydrogens (primary N) is 1. The van der Waals surface area contributed by atoms with Crippen LogP contribution in [0.15, 0.2) is 0 Å². The van der Waals surface area contributed by atoms with Crippen molar-refractivity contribution in [3.63, 3.8) is 0 Å². The van der Waals surface area contributed by atoms with Crippen LogP contribution in [-0.4, -0.2) is 62.1 Å². The summed E-state index contributed by atoms with van der Waals surface area (Å²) in [4.78, 5) is 21.6. The molecule has 0 aliphatic rings. The first-order chi connectivity index (χ1) is 8.16. The molecule has 0 fully saturated rings. The van der Waals surface area contributed by atoms with Crippen molar-refractivity contribution in [1.29, 1.82) is 0 Å². The van der Waals surface area contributed by atoms with Gasteiger partial charge in [0.25, 0.3) is 0 Å². The Labute approximate surface area is 106 Å². The summed E-state index contributed by atoms with van der Waals surface area (Å²) >= 11 is 0. The van der Waals surface area contributed by atoms with Crippen LogP contribution >= 0.6 is 0 Å². The standard InChI is InChI=1S/C9H19N3O5S/c1-12(2)18(16,17)6-5-11-9(15)7(10)3-4-8(13)14/h7H,3-6,10H2,1-2H3,(H,11,15)(H,13,14). The second kappa shape index (κ2) is 7.29. The predicted molar refractivity (Wildman–Crippen MR) is 65.3 cm³/mol. The second-order valence-electron chi connectivity index (χ2n) is 3.93. The summed E-state index contributed by atoms with van der Waals surface area (Å²) in [6.45, 7) is -0.0554. The maximum atomic E-state index is 11.4. The number of carbonyl (C=O) groups excluding carboxylic acids is 1. The van der Waals surface area contributed by atoms with Gasteiger partial charge in [-0.3, -0.25) is 9.59 Å². The number of sulfonamides is 1. The van der Waals surface area contributed by atoms with E-state index in [1.807, 2.05) is 0 Å². The van der Waals surface area contributed by atoms with Crippen molar-refractivity contribution in [3.8, 4) is 0 Å². The van der Waals surface area contributed by atoms with Crippen LogP contribution in [-0.2, 0) is 19.6 Å². The summed E-state index contributed by atoms with van der Waals surface area (Å²) in [5.74, 6) is -1.81. The van der Waals surface area contributed by atoms with E-state index in [1.165, 1.54) is 14.1 Å². The minimum atomic E-state index is -3.36. The molecule has 0 spiro atoms. The molecule has 8 nitrogen and oxygen atoms in total. The van der Waals surface area contributed by atoms with Gasteiger partial charge in [-0.1, -0.05) is 0 Å². The van der Waals surface area contributed by atoms with Gasteiger partial charge >= 0.3 is 5.97 Å². The summed E-state index contributed by atoms with van der Waals surface area (Å²) in [5.41, 5.74) is 5.44. The van der Waals surface area contributed by atoms with Crippen LogP contribution in [0.2, 0.25) is 0 Å². The Morgan fingerprint density at radius 2 is 1.94 bits per heavy atom. The number of aliphatic carboxylic acids is 1. The van der Waals surface area contributed by atoms with E-state index in [1.54, 1.807) is 0 Å². The number of carboxylic acids is 1. The average Bonchev–Trinajstić information content (AvgIpc) is 2.25. The zero-order valence-corrected chi connectivity index (χ0v) is 11.2. The Morgan fingerprint density at radius 1 is 1.39 bits per heavy atom. The van der Waals surface area contributed by atoms with Gasteiger partial charge in [0.15, 0.2) is 0 Å². The van der Waals surface area contributed by atoms with Crippen LogP contribution in [0.4, 0.5) is 0 Å². The first-order valence-corrected chi connectivity index (χ1v) is 6.93. The van der Waals surface area contributed by atoms with E-state index in [4.69, 9.17) is 10.8 Å². The summed E-state index contributed by atoms with van der Waals surface area (Å²) in [6, 6.07) is -0.942. The monoisotopic (exact) mass is 281 g/mol. The van der Waals surface area contributed by atoms with Crippen LogP contribution in [0, 0.1) is 0 Å². The predicted octanol–water partition coefficient (Wildman–Crippen LogP) is -1.81. The zero-order chi connectivity index (χ0) is 14.3. The number of nitrogens with one attached hydrogen (secondary N) is 1. The van der Waals surface area contributed by atoms with Crippen LogP contribution < -0.4 is 11.1 Å². The van der Waals surface area contributed by atoms with E-state index in [-0.39, 0.29) is 25.1 Å². The molecule has 9 heteroatoms. The molecule has 1 amide bonds. The minimum Gasteiger partial charge on any atom is -0.481 e. The van der Waals surface area contributed by atoms with Crippen LogP contribution in [0.1, 0.15) is 12.8 Å². The molecule has 0 aromatic heterocycles. The van der Waals surface area contributed by atoms with Gasteiger partial charge in [0, 0.05) is 27.1 Å². The molecule has 0 aromatic rings. The third-order valence-corrected chi connectivity index (χ3v) is 4.05. The first-order valence-electron chi connectivity index (χ1n) is 5.32. The van der Waals surface area contributed by atoms with E-state index in [0.717, 1.165) is 4.31 Å². The van der Waals surface area contributed by atoms with Crippen molar-refractivity contribution in [2.24, 2.45) is 5.73 Å². The van der Waals surface area contributed by atoms with E-state index in [2.05, 4.69) is 5.32 Å². The Morgan fingerprint density at radius 3 is 2.39 bits per heavy atom. The van der Waals surface area contributed by atoms with Gasteiger partial charge in [-0.05, 0) is 6.42 Å². The highest BCUT2D eigenvalue weighted by Crippen LogP contribution is 1.96. The maximum absolute atomic E-state index is 11.4. The minimum absolute atomic E-state index is 0.0155. The number of rotatable bonds is 8. The number of hydrogen-bond donors (Lipinski definition) is 3. The fourth-order valence-corrected chi connectivity index (χ4v) is 1.75. The molecule has 4 N–H and O–H groups in total. The number of carboxylic acid groups (broad SMARTS) is 1. The van der Waals surface area contributed by atoms with Crippen molar-refractivity contribution in [2.45, 2.75) is 18.9 Å². The molecule has 0 aliphatic heterocycles. The Hall–Kier alpha value is -1.19. The lowest BCUT2D eigenvalue weighted by atomic mass is 10.1. The first kappa shape index (κ1) is 16.8. The lowest BCUT2D eigenvalue weighted by molar-refractivity contribution is -0.137. The Bertz CT molecular complexity index is 393. The lowest BCUT2D eigenvalue weighted by Gasteiger charge is -2.13. The molecule has 18 heavy (non-hydrogen) atoms. The summed E-state index contributed by atoms with van der Waals surface area (Å²) in [6.07, 6.45) is -0.188. The number of hydrogen-bond acceptors (Lipinski definition) is 5. The highest BCUT2D eigenvalue weighted by molar-refractivity contribution is 7.89. The molecule has 0 saturated heterocycles. The van der Waals surface area contributed by atoms with Crippen molar-refractivity contribution >= 4 is 21.9 Å². The van der Waals surface area contributed by atoms with Crippen molar-refractivity contribution < 1.29 is 23.1 Å². The number of carbonyl (C=O) groups is 2. The highest BCUT2D eigenvalue weighted by atomic mass is 32.2. The van der Waals surface area contributed by atoms with Crippen molar-refractivity contribution in [2.75, 3.05) is 26.4 Å². The summed E-state index contributed by atoms with van der Waals surface area (Å²) in [5, 5.41) is 10.8. The molecule has 0 heterocycles. The number of nitrogens with zero attached hydrogens (tertiary/aromatic N) is 1. The average molecular weight is 281 g/mol. The lowest BCUT2D eigenvalue weighted by Crippen LogP contribution is -2.43. The summed E-state index contributed by atoms with van der Waals surface area (Å²) in [7, 11) is -0.564. The molecule has 1 unspecified atom stereocenters. The molecular formula is C9H19N3O5S. The van der Waals surface area contributed by atoms with Crippen molar-refractivity contribution in [1.82, 2.24) is 9.62 Å². The van der Waals surface area contributed by atoms with Crippen molar-refractivity contribution in [3.05, 3.63) is 0 Å². The number of amides is 1. The summed E-state index contributed by atoms with van der Waals surface area (Å²) < 4.78 is 23.8. The Kier molecular flexibility index (Phi) is 6.81. The van der Waals surface area contributed by atoms with Gasteiger partial charge in [-0.25, -0.2) is 12.7 Å². The van der Waals surface area contributed by atoms with Gasteiger partial charge < -0.3 is 16.2 Å². The normalized spacial score (nSPS) is 13.3. The fraction of sp³-hybridized carbons (Fsp3) is 0.778. The molecule has 0 bridgehead atoms. The van der Waals surface area contributed by atoms with E-state index in [9.17, 15) is 18.0 Å². The molecule has 0 saturated carbocycles. The molecule has 0 aromatic carbocycles. The third-order valence-electron chi connectivity index (χ3n) is 2.22. The molecule has 1 atom stereocenters. The smallest absolute Gasteiger partial charge is 0.303 e. The van der Waals surface area contributed by atoms with E-state index < -0.39 is 27.9 Å². The SMILES string of the molecule is CN(C)S(=O)(=O)CCNC(=O)C(N)CCC(=O)O. The third kappa shape index (κ3) is 6.52. The quantitative estimate of drug-likeness (QED) is 0.480. The van der Waals surface area contributed by atoms with Gasteiger partial charge in [-0.15, -0.1) is 0 Å².